The number of aliphatic hydroxyl groups excluding tert-OH is 1. The molecule has 0 radical (unpaired) electrons. The van der Waals surface area contributed by atoms with E-state index in [9.17, 15) is 9.90 Å². The molecule has 0 spiro atoms. The number of fused-ring (bicyclic) bond motifs is 1. The van der Waals surface area contributed by atoms with Crippen LogP contribution in [-0.2, 0) is 11.3 Å². The zero-order valence-corrected chi connectivity index (χ0v) is 9.78. The monoisotopic (exact) mass is 243 g/mol. The number of benzene rings is 1. The molecule has 1 saturated heterocycles. The smallest absolute Gasteiger partial charge is 0.225 e. The minimum Gasteiger partial charge on any atom is -0.391 e. The molecule has 0 bridgehead atoms. The van der Waals surface area contributed by atoms with Crippen molar-refractivity contribution >= 4 is 16.9 Å². The van der Waals surface area contributed by atoms with Crippen molar-refractivity contribution in [2.45, 2.75) is 19.1 Å². The fourth-order valence-corrected chi connectivity index (χ4v) is 2.17. The van der Waals surface area contributed by atoms with Gasteiger partial charge in [0.2, 0.25) is 5.91 Å². The molecule has 1 N–H and O–H groups in total. The Morgan fingerprint density at radius 2 is 2.11 bits per heavy atom. The van der Waals surface area contributed by atoms with Crippen molar-refractivity contribution in [3.8, 4) is 0 Å². The highest BCUT2D eigenvalue weighted by Gasteiger charge is 2.28. The fourth-order valence-electron chi connectivity index (χ4n) is 2.17. The fraction of sp³-hybridized carbons (Fsp3) is 0.308. The second kappa shape index (κ2) is 4.34. The van der Waals surface area contributed by atoms with E-state index in [2.05, 4.69) is 9.97 Å². The molecule has 2 aromatic rings. The molecular weight excluding hydrogens is 230 g/mol. The minimum absolute atomic E-state index is 0.0301. The molecule has 1 aliphatic rings. The predicted octanol–water partition coefficient (Wildman–Crippen LogP) is 0.723. The second-order valence-corrected chi connectivity index (χ2v) is 4.48. The molecule has 1 atom stereocenters. The first kappa shape index (κ1) is 11.1. The van der Waals surface area contributed by atoms with Crippen LogP contribution < -0.4 is 0 Å². The molecule has 0 saturated carbocycles. The van der Waals surface area contributed by atoms with E-state index in [1.807, 2.05) is 24.3 Å². The molecule has 5 heteroatoms. The Bertz CT molecular complexity index is 600. The summed E-state index contributed by atoms with van der Waals surface area (Å²) in [6, 6.07) is 7.62. The SMILES string of the molecule is O=C1CC(O)CN1Cc1cnc2ccccc2n1. The van der Waals surface area contributed by atoms with E-state index in [0.717, 1.165) is 16.7 Å². The van der Waals surface area contributed by atoms with E-state index in [-0.39, 0.29) is 12.3 Å². The van der Waals surface area contributed by atoms with E-state index >= 15 is 0 Å². The zero-order valence-electron chi connectivity index (χ0n) is 9.78. The number of nitrogens with zero attached hydrogens (tertiary/aromatic N) is 3. The lowest BCUT2D eigenvalue weighted by Gasteiger charge is -2.14. The average Bonchev–Trinajstić information content (AvgIpc) is 2.68. The molecule has 1 aromatic carbocycles. The number of carbonyl (C=O) groups is 1. The van der Waals surface area contributed by atoms with Gasteiger partial charge in [-0.15, -0.1) is 0 Å². The van der Waals surface area contributed by atoms with Gasteiger partial charge in [0.05, 0.1) is 42.0 Å². The number of likely N-dealkylation sites (tertiary alicyclic amines) is 1. The lowest BCUT2D eigenvalue weighted by atomic mass is 10.3. The molecule has 1 aliphatic heterocycles. The van der Waals surface area contributed by atoms with Gasteiger partial charge in [0.15, 0.2) is 0 Å². The molecule has 0 aliphatic carbocycles. The number of rotatable bonds is 2. The largest absolute Gasteiger partial charge is 0.391 e. The average molecular weight is 243 g/mol. The highest BCUT2D eigenvalue weighted by Crippen LogP contribution is 2.15. The number of para-hydroxylation sites is 2. The van der Waals surface area contributed by atoms with Crippen LogP contribution in [0.5, 0.6) is 0 Å². The van der Waals surface area contributed by atoms with Crippen molar-refractivity contribution in [2.24, 2.45) is 0 Å². The van der Waals surface area contributed by atoms with Crippen molar-refractivity contribution in [1.29, 1.82) is 0 Å². The number of carbonyl (C=O) groups excluding carboxylic acids is 1. The maximum atomic E-state index is 11.6. The number of hydrogen-bond acceptors (Lipinski definition) is 4. The van der Waals surface area contributed by atoms with Gasteiger partial charge in [-0.1, -0.05) is 12.1 Å². The van der Waals surface area contributed by atoms with Gasteiger partial charge in [-0.3, -0.25) is 9.78 Å². The Morgan fingerprint density at radius 3 is 2.83 bits per heavy atom. The maximum Gasteiger partial charge on any atom is 0.225 e. The number of β-amino-alcohol motifs (C(OH)–C–C–N with tert-alkyl or cyclic N) is 1. The quantitative estimate of drug-likeness (QED) is 0.844. The molecule has 1 aromatic heterocycles. The third kappa shape index (κ3) is 2.04. The van der Waals surface area contributed by atoms with Gasteiger partial charge < -0.3 is 10.0 Å². The van der Waals surface area contributed by atoms with Crippen LogP contribution in [0.3, 0.4) is 0 Å². The van der Waals surface area contributed by atoms with Crippen LogP contribution in [0.4, 0.5) is 0 Å². The Hall–Kier alpha value is -2.01. The summed E-state index contributed by atoms with van der Waals surface area (Å²) in [5.74, 6) is -0.0301. The van der Waals surface area contributed by atoms with Crippen molar-refractivity contribution < 1.29 is 9.90 Å². The summed E-state index contributed by atoms with van der Waals surface area (Å²) in [6.45, 7) is 0.793. The first-order valence-electron chi connectivity index (χ1n) is 5.89. The molecule has 92 valence electrons. The summed E-state index contributed by atoms with van der Waals surface area (Å²) < 4.78 is 0. The summed E-state index contributed by atoms with van der Waals surface area (Å²) in [5.41, 5.74) is 2.41. The molecule has 2 heterocycles. The van der Waals surface area contributed by atoms with Crippen LogP contribution in [-0.4, -0.2) is 38.5 Å². The van der Waals surface area contributed by atoms with Crippen LogP contribution in [0.15, 0.2) is 30.5 Å². The third-order valence-corrected chi connectivity index (χ3v) is 3.05. The number of aromatic nitrogens is 2. The van der Waals surface area contributed by atoms with Crippen LogP contribution in [0, 0.1) is 0 Å². The molecule has 18 heavy (non-hydrogen) atoms. The minimum atomic E-state index is -0.550. The van der Waals surface area contributed by atoms with Crippen LogP contribution >= 0.6 is 0 Å². The van der Waals surface area contributed by atoms with Gasteiger partial charge in [-0.25, -0.2) is 4.98 Å². The number of hydrogen-bond donors (Lipinski definition) is 1. The summed E-state index contributed by atoms with van der Waals surface area (Å²) in [4.78, 5) is 21.9. The first-order chi connectivity index (χ1) is 8.72. The predicted molar refractivity (Wildman–Crippen MR) is 65.6 cm³/mol. The van der Waals surface area contributed by atoms with Gasteiger partial charge in [0.1, 0.15) is 0 Å². The van der Waals surface area contributed by atoms with E-state index in [4.69, 9.17) is 0 Å². The Labute approximate surface area is 104 Å². The standard InChI is InChI=1S/C13H13N3O2/c17-10-5-13(18)16(8-10)7-9-6-14-11-3-1-2-4-12(11)15-9/h1-4,6,10,17H,5,7-8H2. The summed E-state index contributed by atoms with van der Waals surface area (Å²) in [5, 5.41) is 9.42. The molecule has 3 rings (SSSR count). The van der Waals surface area contributed by atoms with Crippen LogP contribution in [0.1, 0.15) is 12.1 Å². The van der Waals surface area contributed by atoms with Gasteiger partial charge in [-0.05, 0) is 12.1 Å². The molecule has 1 unspecified atom stereocenters. The normalized spacial score (nSPS) is 19.7. The number of amides is 1. The third-order valence-electron chi connectivity index (χ3n) is 3.05. The van der Waals surface area contributed by atoms with Crippen LogP contribution in [0.2, 0.25) is 0 Å². The number of aliphatic hydroxyl groups is 1. The summed E-state index contributed by atoms with van der Waals surface area (Å²) in [7, 11) is 0. The summed E-state index contributed by atoms with van der Waals surface area (Å²) in [6.07, 6.45) is 1.34. The van der Waals surface area contributed by atoms with Gasteiger partial charge in [0.25, 0.3) is 0 Å². The lowest BCUT2D eigenvalue weighted by molar-refractivity contribution is -0.128. The van der Waals surface area contributed by atoms with Crippen molar-refractivity contribution in [2.75, 3.05) is 6.54 Å². The van der Waals surface area contributed by atoms with Gasteiger partial charge in [-0.2, -0.15) is 0 Å². The second-order valence-electron chi connectivity index (χ2n) is 4.48. The van der Waals surface area contributed by atoms with E-state index < -0.39 is 6.10 Å². The van der Waals surface area contributed by atoms with Gasteiger partial charge in [0, 0.05) is 6.54 Å². The van der Waals surface area contributed by atoms with Crippen molar-refractivity contribution in [3.05, 3.63) is 36.2 Å². The highest BCUT2D eigenvalue weighted by atomic mass is 16.3. The van der Waals surface area contributed by atoms with Crippen molar-refractivity contribution in [3.63, 3.8) is 0 Å². The lowest BCUT2D eigenvalue weighted by Crippen LogP contribution is -2.25. The molecular formula is C13H13N3O2. The first-order valence-corrected chi connectivity index (χ1v) is 5.89. The Morgan fingerprint density at radius 1 is 1.33 bits per heavy atom. The van der Waals surface area contributed by atoms with Crippen LogP contribution in [0.25, 0.3) is 11.0 Å². The summed E-state index contributed by atoms with van der Waals surface area (Å²) >= 11 is 0. The van der Waals surface area contributed by atoms with Gasteiger partial charge >= 0.3 is 0 Å². The zero-order chi connectivity index (χ0) is 12.5. The molecule has 1 fully saturated rings. The molecule has 5 nitrogen and oxygen atoms in total. The van der Waals surface area contributed by atoms with E-state index in [1.54, 1.807) is 11.1 Å². The topological polar surface area (TPSA) is 66.3 Å². The van der Waals surface area contributed by atoms with E-state index in [0.29, 0.717) is 13.1 Å². The molecule has 1 amide bonds. The Kier molecular flexibility index (Phi) is 2.68. The van der Waals surface area contributed by atoms with Crippen molar-refractivity contribution in [1.82, 2.24) is 14.9 Å². The highest BCUT2D eigenvalue weighted by molar-refractivity contribution is 5.79. The Balaban J connectivity index is 1.84. The maximum absolute atomic E-state index is 11.6. The van der Waals surface area contributed by atoms with E-state index in [1.165, 1.54) is 0 Å².